The van der Waals surface area contributed by atoms with Gasteiger partial charge in [0.25, 0.3) is 0 Å². The average molecular weight is 287 g/mol. The van der Waals surface area contributed by atoms with Gasteiger partial charge in [0.2, 0.25) is 0 Å². The summed E-state index contributed by atoms with van der Waals surface area (Å²) in [5.41, 5.74) is 0.401. The van der Waals surface area contributed by atoms with E-state index in [9.17, 15) is 4.79 Å². The molecule has 3 heterocycles. The van der Waals surface area contributed by atoms with E-state index in [1.807, 2.05) is 12.1 Å². The molecule has 0 N–H and O–H groups in total. The van der Waals surface area contributed by atoms with Crippen molar-refractivity contribution in [1.29, 1.82) is 0 Å². The Morgan fingerprint density at radius 3 is 3.14 bits per heavy atom. The lowest BCUT2D eigenvalue weighted by atomic mass is 9.79. The smallest absolute Gasteiger partial charge is 0.170 e. The van der Waals surface area contributed by atoms with E-state index in [1.165, 1.54) is 19.4 Å². The Labute approximate surface area is 125 Å². The molecule has 3 aliphatic rings. The number of piperidine rings is 1. The van der Waals surface area contributed by atoms with Gasteiger partial charge >= 0.3 is 0 Å². The van der Waals surface area contributed by atoms with Crippen molar-refractivity contribution in [2.24, 2.45) is 0 Å². The fourth-order valence-electron chi connectivity index (χ4n) is 4.15. The number of carbonyl (C=O) groups is 1. The molecule has 1 spiro atoms. The molecule has 21 heavy (non-hydrogen) atoms. The molecule has 2 saturated heterocycles. The van der Waals surface area contributed by atoms with E-state index in [2.05, 4.69) is 4.90 Å². The first kappa shape index (κ1) is 13.1. The van der Waals surface area contributed by atoms with E-state index in [1.54, 1.807) is 13.2 Å². The number of hydrogen-bond donors (Lipinski definition) is 0. The Hall–Kier alpha value is -1.55. The minimum absolute atomic E-state index is 0.196. The average Bonchev–Trinajstić information content (AvgIpc) is 2.94. The summed E-state index contributed by atoms with van der Waals surface area (Å²) in [6.45, 7) is 2.27. The molecule has 112 valence electrons. The topological polar surface area (TPSA) is 38.8 Å². The van der Waals surface area contributed by atoms with Crippen LogP contribution in [0.2, 0.25) is 0 Å². The molecule has 1 aromatic carbocycles. The maximum Gasteiger partial charge on any atom is 0.170 e. The van der Waals surface area contributed by atoms with Gasteiger partial charge < -0.3 is 14.4 Å². The van der Waals surface area contributed by atoms with E-state index in [-0.39, 0.29) is 11.4 Å². The minimum atomic E-state index is -0.274. The van der Waals surface area contributed by atoms with Gasteiger partial charge in [-0.2, -0.15) is 0 Å². The molecule has 0 aromatic heterocycles. The van der Waals surface area contributed by atoms with Crippen LogP contribution in [0, 0.1) is 0 Å². The second kappa shape index (κ2) is 4.73. The van der Waals surface area contributed by atoms with Crippen molar-refractivity contribution in [3.05, 3.63) is 23.8 Å². The van der Waals surface area contributed by atoms with Gasteiger partial charge in [-0.25, -0.2) is 0 Å². The summed E-state index contributed by atoms with van der Waals surface area (Å²) in [5.74, 6) is 1.65. The standard InChI is InChI=1S/C17H21NO3/c1-20-13-4-5-16-14(9-13)15(19)11-17(21-16)6-8-18-7-2-3-12(18)10-17/h4-5,9,12H,2-3,6-8,10-11H2,1H3. The lowest BCUT2D eigenvalue weighted by Gasteiger charge is -2.46. The highest BCUT2D eigenvalue weighted by molar-refractivity contribution is 6.00. The first-order valence-electron chi connectivity index (χ1n) is 7.83. The molecule has 2 atom stereocenters. The van der Waals surface area contributed by atoms with Gasteiger partial charge in [-0.1, -0.05) is 0 Å². The highest BCUT2D eigenvalue weighted by Gasteiger charge is 2.47. The molecule has 4 heteroatoms. The molecule has 3 aliphatic heterocycles. The summed E-state index contributed by atoms with van der Waals surface area (Å²) in [6.07, 6.45) is 4.99. The van der Waals surface area contributed by atoms with E-state index in [0.29, 0.717) is 23.8 Å². The quantitative estimate of drug-likeness (QED) is 0.796. The summed E-state index contributed by atoms with van der Waals surface area (Å²) in [7, 11) is 1.62. The number of carbonyl (C=O) groups excluding carboxylic acids is 1. The predicted molar refractivity (Wildman–Crippen MR) is 79.1 cm³/mol. The number of fused-ring (bicyclic) bond motifs is 2. The van der Waals surface area contributed by atoms with Crippen LogP contribution in [0.15, 0.2) is 18.2 Å². The molecule has 4 rings (SSSR count). The van der Waals surface area contributed by atoms with Crippen LogP contribution in [0.5, 0.6) is 11.5 Å². The molecule has 2 unspecified atom stereocenters. The minimum Gasteiger partial charge on any atom is -0.497 e. The van der Waals surface area contributed by atoms with Crippen LogP contribution in [0.25, 0.3) is 0 Å². The van der Waals surface area contributed by atoms with Crippen LogP contribution in [0.1, 0.15) is 42.5 Å². The zero-order chi connectivity index (χ0) is 14.4. The number of nitrogens with zero attached hydrogens (tertiary/aromatic N) is 1. The van der Waals surface area contributed by atoms with Gasteiger partial charge in [-0.3, -0.25) is 4.79 Å². The van der Waals surface area contributed by atoms with E-state index in [0.717, 1.165) is 25.1 Å². The monoisotopic (exact) mass is 287 g/mol. The third-order valence-corrected chi connectivity index (χ3v) is 5.26. The number of hydrogen-bond acceptors (Lipinski definition) is 4. The number of Topliss-reactive ketones (excluding diaryl/α,β-unsaturated/α-hetero) is 1. The van der Waals surface area contributed by atoms with Crippen molar-refractivity contribution < 1.29 is 14.3 Å². The van der Waals surface area contributed by atoms with Gasteiger partial charge in [0.15, 0.2) is 5.78 Å². The fourth-order valence-corrected chi connectivity index (χ4v) is 4.15. The molecule has 4 nitrogen and oxygen atoms in total. The molecule has 0 radical (unpaired) electrons. The maximum absolute atomic E-state index is 12.6. The Morgan fingerprint density at radius 1 is 1.38 bits per heavy atom. The third-order valence-electron chi connectivity index (χ3n) is 5.26. The van der Waals surface area contributed by atoms with E-state index >= 15 is 0 Å². The number of benzene rings is 1. The lowest BCUT2D eigenvalue weighted by molar-refractivity contribution is -0.0229. The first-order chi connectivity index (χ1) is 10.2. The number of methoxy groups -OCH3 is 1. The molecule has 0 saturated carbocycles. The van der Waals surface area contributed by atoms with Crippen LogP contribution >= 0.6 is 0 Å². The number of rotatable bonds is 1. The summed E-state index contributed by atoms with van der Waals surface area (Å²) in [6, 6.07) is 6.16. The van der Waals surface area contributed by atoms with E-state index in [4.69, 9.17) is 9.47 Å². The summed E-state index contributed by atoms with van der Waals surface area (Å²) >= 11 is 0. The summed E-state index contributed by atoms with van der Waals surface area (Å²) < 4.78 is 11.5. The molecule has 0 aliphatic carbocycles. The summed E-state index contributed by atoms with van der Waals surface area (Å²) in [4.78, 5) is 15.1. The predicted octanol–water partition coefficient (Wildman–Crippen LogP) is 2.66. The van der Waals surface area contributed by atoms with Crippen molar-refractivity contribution >= 4 is 5.78 Å². The van der Waals surface area contributed by atoms with Gasteiger partial charge in [0.05, 0.1) is 19.1 Å². The zero-order valence-electron chi connectivity index (χ0n) is 12.4. The van der Waals surface area contributed by atoms with Crippen molar-refractivity contribution in [1.82, 2.24) is 4.90 Å². The highest BCUT2D eigenvalue weighted by atomic mass is 16.5. The van der Waals surface area contributed by atoms with Gasteiger partial charge in [-0.15, -0.1) is 0 Å². The fraction of sp³-hybridized carbons (Fsp3) is 0.588. The van der Waals surface area contributed by atoms with Gasteiger partial charge in [-0.05, 0) is 37.6 Å². The Morgan fingerprint density at radius 2 is 2.29 bits per heavy atom. The molecule has 2 fully saturated rings. The van der Waals surface area contributed by atoms with Crippen molar-refractivity contribution in [2.45, 2.75) is 43.7 Å². The zero-order valence-corrected chi connectivity index (χ0v) is 12.4. The Kier molecular flexibility index (Phi) is 2.96. The van der Waals surface area contributed by atoms with Gasteiger partial charge in [0, 0.05) is 25.4 Å². The Bertz CT molecular complexity index is 585. The maximum atomic E-state index is 12.6. The molecular formula is C17H21NO3. The first-order valence-corrected chi connectivity index (χ1v) is 7.83. The number of ketones is 1. The van der Waals surface area contributed by atoms with Crippen molar-refractivity contribution in [3.8, 4) is 11.5 Å². The highest BCUT2D eigenvalue weighted by Crippen LogP contribution is 2.43. The number of ether oxygens (including phenoxy) is 2. The van der Waals surface area contributed by atoms with Crippen LogP contribution in [0.3, 0.4) is 0 Å². The van der Waals surface area contributed by atoms with Crippen LogP contribution in [-0.2, 0) is 0 Å². The van der Waals surface area contributed by atoms with E-state index < -0.39 is 0 Å². The molecule has 0 amide bonds. The van der Waals surface area contributed by atoms with Crippen molar-refractivity contribution in [3.63, 3.8) is 0 Å². The third kappa shape index (κ3) is 2.13. The van der Waals surface area contributed by atoms with Crippen LogP contribution < -0.4 is 9.47 Å². The second-order valence-corrected chi connectivity index (χ2v) is 6.53. The largest absolute Gasteiger partial charge is 0.497 e. The van der Waals surface area contributed by atoms with Crippen LogP contribution in [0.4, 0.5) is 0 Å². The summed E-state index contributed by atoms with van der Waals surface area (Å²) in [5, 5.41) is 0. The normalized spacial score (nSPS) is 31.7. The lowest BCUT2D eigenvalue weighted by Crippen LogP contribution is -2.53. The molecule has 1 aromatic rings. The molecular weight excluding hydrogens is 266 g/mol. The Balaban J connectivity index is 1.63. The second-order valence-electron chi connectivity index (χ2n) is 6.53. The van der Waals surface area contributed by atoms with Gasteiger partial charge in [0.1, 0.15) is 17.1 Å². The van der Waals surface area contributed by atoms with Crippen LogP contribution in [-0.4, -0.2) is 42.5 Å². The SMILES string of the molecule is COc1ccc2c(c1)C(=O)CC1(CCN3CCCC3C1)O2. The molecule has 0 bridgehead atoms. The van der Waals surface area contributed by atoms with Crippen molar-refractivity contribution in [2.75, 3.05) is 20.2 Å².